The Labute approximate surface area is 90.2 Å². The van der Waals surface area contributed by atoms with Gasteiger partial charge < -0.3 is 9.84 Å². The van der Waals surface area contributed by atoms with Crippen molar-refractivity contribution in [2.24, 2.45) is 0 Å². The second-order valence-electron chi connectivity index (χ2n) is 4.14. The smallest absolute Gasteiger partial charge is 0.124 e. The van der Waals surface area contributed by atoms with Crippen LogP contribution in [0.4, 0.5) is 0 Å². The first-order chi connectivity index (χ1) is 7.18. The van der Waals surface area contributed by atoms with E-state index in [-0.39, 0.29) is 0 Å². The first-order valence-corrected chi connectivity index (χ1v) is 5.28. The standard InChI is InChI=1S/C13H16O2/c1-13(14,12-8-5-9-15-12)10-11-6-3-2-4-7-11/h2-4,6-8,14H,5,9-10H2,1H3. The molecule has 1 N–H and O–H groups in total. The summed E-state index contributed by atoms with van der Waals surface area (Å²) in [6.45, 7) is 2.50. The van der Waals surface area contributed by atoms with Crippen molar-refractivity contribution in [3.63, 3.8) is 0 Å². The number of hydrogen-bond donors (Lipinski definition) is 1. The van der Waals surface area contributed by atoms with Crippen LogP contribution in [0.2, 0.25) is 0 Å². The van der Waals surface area contributed by atoms with Crippen LogP contribution in [0.1, 0.15) is 18.9 Å². The van der Waals surface area contributed by atoms with E-state index in [1.807, 2.05) is 36.4 Å². The Morgan fingerprint density at radius 3 is 2.67 bits per heavy atom. The molecule has 0 amide bonds. The Bertz CT molecular complexity index is 352. The van der Waals surface area contributed by atoms with Crippen molar-refractivity contribution in [2.75, 3.05) is 6.61 Å². The highest BCUT2D eigenvalue weighted by atomic mass is 16.5. The Kier molecular flexibility index (Phi) is 2.78. The molecule has 0 radical (unpaired) electrons. The van der Waals surface area contributed by atoms with E-state index < -0.39 is 5.60 Å². The predicted octanol–water partition coefficient (Wildman–Crippen LogP) is 2.28. The van der Waals surface area contributed by atoms with Gasteiger partial charge in [0.15, 0.2) is 0 Å². The fourth-order valence-electron chi connectivity index (χ4n) is 1.87. The van der Waals surface area contributed by atoms with Gasteiger partial charge in [-0.15, -0.1) is 0 Å². The zero-order chi connectivity index (χ0) is 10.7. The van der Waals surface area contributed by atoms with Crippen LogP contribution in [0.15, 0.2) is 42.2 Å². The van der Waals surface area contributed by atoms with E-state index in [9.17, 15) is 5.11 Å². The van der Waals surface area contributed by atoms with Crippen molar-refractivity contribution in [2.45, 2.75) is 25.4 Å². The normalized spacial score (nSPS) is 19.2. The monoisotopic (exact) mass is 204 g/mol. The van der Waals surface area contributed by atoms with Crippen molar-refractivity contribution in [3.05, 3.63) is 47.7 Å². The summed E-state index contributed by atoms with van der Waals surface area (Å²) in [5.74, 6) is 0.714. The van der Waals surface area contributed by atoms with Gasteiger partial charge in [-0.1, -0.05) is 30.3 Å². The molecule has 15 heavy (non-hydrogen) atoms. The maximum absolute atomic E-state index is 10.3. The van der Waals surface area contributed by atoms with Gasteiger partial charge in [0.2, 0.25) is 0 Å². The molecule has 2 rings (SSSR count). The molecule has 0 fully saturated rings. The highest BCUT2D eigenvalue weighted by molar-refractivity contribution is 5.22. The molecule has 80 valence electrons. The van der Waals surface area contributed by atoms with E-state index in [1.165, 1.54) is 0 Å². The molecule has 1 atom stereocenters. The van der Waals surface area contributed by atoms with Crippen molar-refractivity contribution in [3.8, 4) is 0 Å². The minimum absolute atomic E-state index is 0.597. The number of rotatable bonds is 3. The molecule has 2 nitrogen and oxygen atoms in total. The maximum atomic E-state index is 10.3. The van der Waals surface area contributed by atoms with Gasteiger partial charge in [-0.05, 0) is 18.6 Å². The molecular formula is C13H16O2. The molecular weight excluding hydrogens is 188 g/mol. The lowest BCUT2D eigenvalue weighted by Gasteiger charge is -2.24. The van der Waals surface area contributed by atoms with Crippen LogP contribution in [0.5, 0.6) is 0 Å². The van der Waals surface area contributed by atoms with Crippen LogP contribution in [0, 0.1) is 0 Å². The molecule has 0 aromatic heterocycles. The highest BCUT2D eigenvalue weighted by Gasteiger charge is 2.29. The molecule has 1 aliphatic rings. The molecule has 0 saturated carbocycles. The summed E-state index contributed by atoms with van der Waals surface area (Å²) in [5.41, 5.74) is 0.247. The lowest BCUT2D eigenvalue weighted by molar-refractivity contribution is 0.0350. The van der Waals surface area contributed by atoms with Gasteiger partial charge in [-0.3, -0.25) is 0 Å². The number of ether oxygens (including phenoxy) is 1. The number of benzene rings is 1. The summed E-state index contributed by atoms with van der Waals surface area (Å²) < 4.78 is 5.40. The SMILES string of the molecule is CC(O)(Cc1ccccc1)C1=CCCO1. The van der Waals surface area contributed by atoms with Crippen molar-refractivity contribution in [1.82, 2.24) is 0 Å². The highest BCUT2D eigenvalue weighted by Crippen LogP contribution is 2.26. The quantitative estimate of drug-likeness (QED) is 0.818. The topological polar surface area (TPSA) is 29.5 Å². The van der Waals surface area contributed by atoms with Crippen LogP contribution >= 0.6 is 0 Å². The first-order valence-electron chi connectivity index (χ1n) is 5.28. The summed E-state index contributed by atoms with van der Waals surface area (Å²) in [4.78, 5) is 0. The summed E-state index contributed by atoms with van der Waals surface area (Å²) in [5, 5.41) is 10.3. The van der Waals surface area contributed by atoms with Gasteiger partial charge in [0.25, 0.3) is 0 Å². The minimum atomic E-state index is -0.877. The summed E-state index contributed by atoms with van der Waals surface area (Å²) in [6.07, 6.45) is 3.48. The first kappa shape index (κ1) is 10.2. The second kappa shape index (κ2) is 4.07. The molecule has 0 aliphatic carbocycles. The Hall–Kier alpha value is -1.28. The van der Waals surface area contributed by atoms with E-state index >= 15 is 0 Å². The van der Waals surface area contributed by atoms with E-state index in [0.717, 1.165) is 12.0 Å². The second-order valence-corrected chi connectivity index (χ2v) is 4.14. The third-order valence-electron chi connectivity index (χ3n) is 2.63. The molecule has 0 bridgehead atoms. The Balaban J connectivity index is 2.10. The molecule has 1 aromatic rings. The van der Waals surface area contributed by atoms with Gasteiger partial charge >= 0.3 is 0 Å². The lowest BCUT2D eigenvalue weighted by Crippen LogP contribution is -2.30. The van der Waals surface area contributed by atoms with Gasteiger partial charge in [0, 0.05) is 12.8 Å². The van der Waals surface area contributed by atoms with Crippen LogP contribution < -0.4 is 0 Å². The van der Waals surface area contributed by atoms with E-state index in [4.69, 9.17) is 4.74 Å². The van der Waals surface area contributed by atoms with E-state index in [2.05, 4.69) is 0 Å². The summed E-state index contributed by atoms with van der Waals surface area (Å²) >= 11 is 0. The van der Waals surface area contributed by atoms with Crippen LogP contribution in [-0.4, -0.2) is 17.3 Å². The van der Waals surface area contributed by atoms with Crippen molar-refractivity contribution in [1.29, 1.82) is 0 Å². The maximum Gasteiger partial charge on any atom is 0.124 e. The average Bonchev–Trinajstić information content (AvgIpc) is 2.71. The van der Waals surface area contributed by atoms with Crippen molar-refractivity contribution >= 4 is 0 Å². The van der Waals surface area contributed by atoms with Crippen LogP contribution in [0.3, 0.4) is 0 Å². The third kappa shape index (κ3) is 2.39. The fourth-order valence-corrected chi connectivity index (χ4v) is 1.87. The van der Waals surface area contributed by atoms with E-state index in [1.54, 1.807) is 6.92 Å². The molecule has 1 heterocycles. The van der Waals surface area contributed by atoms with Crippen molar-refractivity contribution < 1.29 is 9.84 Å². The molecule has 0 saturated heterocycles. The fraction of sp³-hybridized carbons (Fsp3) is 0.385. The zero-order valence-corrected chi connectivity index (χ0v) is 8.94. The molecule has 1 aromatic carbocycles. The third-order valence-corrected chi connectivity index (χ3v) is 2.63. The summed E-state index contributed by atoms with van der Waals surface area (Å²) in [7, 11) is 0. The predicted molar refractivity (Wildman–Crippen MR) is 59.4 cm³/mol. The summed E-state index contributed by atoms with van der Waals surface area (Å²) in [6, 6.07) is 9.97. The van der Waals surface area contributed by atoms with Gasteiger partial charge in [-0.2, -0.15) is 0 Å². The number of hydrogen-bond acceptors (Lipinski definition) is 2. The minimum Gasteiger partial charge on any atom is -0.495 e. The molecule has 1 unspecified atom stereocenters. The Morgan fingerprint density at radius 1 is 1.33 bits per heavy atom. The van der Waals surface area contributed by atoms with Crippen LogP contribution in [-0.2, 0) is 11.2 Å². The van der Waals surface area contributed by atoms with E-state index in [0.29, 0.717) is 18.8 Å². The largest absolute Gasteiger partial charge is 0.495 e. The zero-order valence-electron chi connectivity index (χ0n) is 8.94. The molecule has 1 aliphatic heterocycles. The molecule has 0 spiro atoms. The van der Waals surface area contributed by atoms with Gasteiger partial charge in [0.05, 0.1) is 6.61 Å². The average molecular weight is 204 g/mol. The molecule has 2 heteroatoms. The lowest BCUT2D eigenvalue weighted by atomic mass is 9.94. The Morgan fingerprint density at radius 2 is 2.07 bits per heavy atom. The van der Waals surface area contributed by atoms with Gasteiger partial charge in [0.1, 0.15) is 11.4 Å². The van der Waals surface area contributed by atoms with Crippen LogP contribution in [0.25, 0.3) is 0 Å². The number of aliphatic hydroxyl groups is 1. The van der Waals surface area contributed by atoms with Gasteiger partial charge in [-0.25, -0.2) is 0 Å².